The predicted octanol–water partition coefficient (Wildman–Crippen LogP) is 3.39. The van der Waals surface area contributed by atoms with Crippen molar-refractivity contribution in [2.45, 2.75) is 13.3 Å². The second-order valence-corrected chi connectivity index (χ2v) is 5.22. The Hall–Kier alpha value is -2.01. The Kier molecular flexibility index (Phi) is 3.53. The molecule has 0 saturated carbocycles. The predicted molar refractivity (Wildman–Crippen MR) is 70.2 cm³/mol. The topological polar surface area (TPSA) is 60.2 Å². The first-order valence-corrected chi connectivity index (χ1v) is 6.21. The normalized spacial score (nSPS) is 10.3. The third kappa shape index (κ3) is 2.81. The fourth-order valence-corrected chi connectivity index (χ4v) is 2.40. The number of nitro benzene ring substituents is 1. The number of benzene rings is 1. The van der Waals surface area contributed by atoms with Crippen molar-refractivity contribution in [3.05, 3.63) is 61.8 Å². The molecule has 0 aliphatic rings. The molecule has 2 rings (SSSR count). The van der Waals surface area contributed by atoms with Gasteiger partial charge in [-0.1, -0.05) is 12.1 Å². The number of nitrogens with zero attached hydrogens (tertiary/aromatic N) is 1. The molecule has 1 aromatic carbocycles. The maximum atomic E-state index is 11.9. The lowest BCUT2D eigenvalue weighted by molar-refractivity contribution is -0.384. The van der Waals surface area contributed by atoms with Gasteiger partial charge in [0.1, 0.15) is 0 Å². The SMILES string of the molecule is Cc1ccc(C(=O)Cc2ccc([N+](=O)[O-])cc2)s1. The third-order valence-corrected chi connectivity index (χ3v) is 3.57. The molecule has 0 aliphatic carbocycles. The minimum atomic E-state index is -0.450. The van der Waals surface area contributed by atoms with Crippen LogP contribution in [0.4, 0.5) is 5.69 Å². The molecule has 0 spiro atoms. The minimum absolute atomic E-state index is 0.0400. The van der Waals surface area contributed by atoms with E-state index in [0.29, 0.717) is 0 Å². The van der Waals surface area contributed by atoms with Crippen LogP contribution >= 0.6 is 11.3 Å². The van der Waals surface area contributed by atoms with Crippen LogP contribution < -0.4 is 0 Å². The first kappa shape index (κ1) is 12.4. The lowest BCUT2D eigenvalue weighted by Gasteiger charge is -1.99. The zero-order valence-corrected chi connectivity index (χ0v) is 10.6. The number of carbonyl (C=O) groups excluding carboxylic acids is 1. The monoisotopic (exact) mass is 261 g/mol. The smallest absolute Gasteiger partial charge is 0.269 e. The van der Waals surface area contributed by atoms with Crippen LogP contribution in [0.1, 0.15) is 20.1 Å². The number of Topliss-reactive ketones (excluding diaryl/α,β-unsaturated/α-hetero) is 1. The zero-order chi connectivity index (χ0) is 13.1. The second kappa shape index (κ2) is 5.10. The molecule has 0 aliphatic heterocycles. The molecule has 0 amide bonds. The summed E-state index contributed by atoms with van der Waals surface area (Å²) in [4.78, 5) is 23.8. The lowest BCUT2D eigenvalue weighted by Crippen LogP contribution is -2.01. The van der Waals surface area contributed by atoms with Crippen LogP contribution in [0.2, 0.25) is 0 Å². The highest BCUT2D eigenvalue weighted by Crippen LogP contribution is 2.18. The highest BCUT2D eigenvalue weighted by molar-refractivity contribution is 7.14. The molecule has 0 radical (unpaired) electrons. The first-order chi connectivity index (χ1) is 8.56. The summed E-state index contributed by atoms with van der Waals surface area (Å²) in [5.41, 5.74) is 0.829. The van der Waals surface area contributed by atoms with Crippen LogP contribution in [0.3, 0.4) is 0 Å². The molecule has 92 valence electrons. The van der Waals surface area contributed by atoms with Crippen LogP contribution in [0, 0.1) is 17.0 Å². The average molecular weight is 261 g/mol. The first-order valence-electron chi connectivity index (χ1n) is 5.39. The summed E-state index contributed by atoms with van der Waals surface area (Å²) in [5, 5.41) is 10.5. The van der Waals surface area contributed by atoms with Gasteiger partial charge in [-0.25, -0.2) is 0 Å². The Labute approximate surface area is 108 Å². The number of non-ortho nitro benzene ring substituents is 1. The number of hydrogen-bond donors (Lipinski definition) is 0. The van der Waals surface area contributed by atoms with E-state index in [1.54, 1.807) is 12.1 Å². The fraction of sp³-hybridized carbons (Fsp3) is 0.154. The van der Waals surface area contributed by atoms with E-state index in [1.807, 2.05) is 19.1 Å². The Morgan fingerprint density at radius 1 is 1.22 bits per heavy atom. The molecule has 0 N–H and O–H groups in total. The highest BCUT2D eigenvalue weighted by Gasteiger charge is 2.10. The van der Waals surface area contributed by atoms with Crippen LogP contribution in [-0.2, 0) is 6.42 Å². The van der Waals surface area contributed by atoms with E-state index < -0.39 is 4.92 Å². The number of nitro groups is 1. The number of carbonyl (C=O) groups is 1. The molecule has 18 heavy (non-hydrogen) atoms. The van der Waals surface area contributed by atoms with E-state index in [4.69, 9.17) is 0 Å². The van der Waals surface area contributed by atoms with Crippen molar-refractivity contribution in [3.8, 4) is 0 Å². The summed E-state index contributed by atoms with van der Waals surface area (Å²) in [7, 11) is 0. The summed E-state index contributed by atoms with van der Waals surface area (Å²) in [6, 6.07) is 9.80. The molecule has 4 nitrogen and oxygen atoms in total. The van der Waals surface area contributed by atoms with Gasteiger partial charge in [0.25, 0.3) is 5.69 Å². The summed E-state index contributed by atoms with van der Waals surface area (Å²) < 4.78 is 0. The van der Waals surface area contributed by atoms with E-state index in [1.165, 1.54) is 23.5 Å². The number of ketones is 1. The van der Waals surface area contributed by atoms with Crippen LogP contribution in [0.5, 0.6) is 0 Å². The van der Waals surface area contributed by atoms with Crippen molar-refractivity contribution in [3.63, 3.8) is 0 Å². The minimum Gasteiger partial charge on any atom is -0.293 e. The molecule has 0 saturated heterocycles. The maximum Gasteiger partial charge on any atom is 0.269 e. The number of rotatable bonds is 4. The van der Waals surface area contributed by atoms with Gasteiger partial charge in [0.2, 0.25) is 0 Å². The van der Waals surface area contributed by atoms with Gasteiger partial charge in [0, 0.05) is 23.4 Å². The van der Waals surface area contributed by atoms with Gasteiger partial charge in [-0.3, -0.25) is 14.9 Å². The Morgan fingerprint density at radius 2 is 1.89 bits per heavy atom. The van der Waals surface area contributed by atoms with E-state index in [9.17, 15) is 14.9 Å². The van der Waals surface area contributed by atoms with Crippen molar-refractivity contribution >= 4 is 22.8 Å². The lowest BCUT2D eigenvalue weighted by atomic mass is 10.1. The maximum absolute atomic E-state index is 11.9. The van der Waals surface area contributed by atoms with Crippen molar-refractivity contribution in [2.75, 3.05) is 0 Å². The Bertz CT molecular complexity index is 587. The standard InChI is InChI=1S/C13H11NO3S/c1-9-2-7-13(18-9)12(15)8-10-3-5-11(6-4-10)14(16)17/h2-7H,8H2,1H3. The van der Waals surface area contributed by atoms with Crippen LogP contribution in [0.15, 0.2) is 36.4 Å². The van der Waals surface area contributed by atoms with E-state index in [0.717, 1.165) is 15.3 Å². The third-order valence-electron chi connectivity index (χ3n) is 2.53. The average Bonchev–Trinajstić information content (AvgIpc) is 2.76. The molecule has 0 fully saturated rings. The van der Waals surface area contributed by atoms with E-state index in [2.05, 4.69) is 0 Å². The summed E-state index contributed by atoms with van der Waals surface area (Å²) >= 11 is 1.47. The molecule has 0 atom stereocenters. The van der Waals surface area contributed by atoms with Crippen LogP contribution in [-0.4, -0.2) is 10.7 Å². The second-order valence-electron chi connectivity index (χ2n) is 3.93. The molecule has 0 bridgehead atoms. The molecule has 1 heterocycles. The summed E-state index contributed by atoms with van der Waals surface area (Å²) in [5.74, 6) is 0.0435. The number of hydrogen-bond acceptors (Lipinski definition) is 4. The zero-order valence-electron chi connectivity index (χ0n) is 9.75. The fourth-order valence-electron chi connectivity index (χ4n) is 1.59. The molecule has 1 aromatic heterocycles. The van der Waals surface area contributed by atoms with Crippen molar-refractivity contribution in [1.29, 1.82) is 0 Å². The van der Waals surface area contributed by atoms with Gasteiger partial charge in [0.05, 0.1) is 9.80 Å². The van der Waals surface area contributed by atoms with Gasteiger partial charge >= 0.3 is 0 Å². The quantitative estimate of drug-likeness (QED) is 0.481. The largest absolute Gasteiger partial charge is 0.293 e. The molecule has 5 heteroatoms. The Balaban J connectivity index is 2.10. The van der Waals surface area contributed by atoms with Crippen molar-refractivity contribution in [1.82, 2.24) is 0 Å². The summed E-state index contributed by atoms with van der Waals surface area (Å²) in [6.45, 7) is 1.95. The van der Waals surface area contributed by atoms with Gasteiger partial charge in [-0.05, 0) is 24.6 Å². The highest BCUT2D eigenvalue weighted by atomic mass is 32.1. The molecule has 2 aromatic rings. The van der Waals surface area contributed by atoms with Gasteiger partial charge < -0.3 is 0 Å². The van der Waals surface area contributed by atoms with Gasteiger partial charge in [0.15, 0.2) is 5.78 Å². The molecular formula is C13H11NO3S. The van der Waals surface area contributed by atoms with E-state index >= 15 is 0 Å². The summed E-state index contributed by atoms with van der Waals surface area (Å²) in [6.07, 6.45) is 0.276. The van der Waals surface area contributed by atoms with Gasteiger partial charge in [-0.15, -0.1) is 11.3 Å². The van der Waals surface area contributed by atoms with Crippen molar-refractivity contribution in [2.24, 2.45) is 0 Å². The Morgan fingerprint density at radius 3 is 2.39 bits per heavy atom. The molecule has 0 unspecified atom stereocenters. The number of aryl methyl sites for hydroxylation is 1. The van der Waals surface area contributed by atoms with Crippen LogP contribution in [0.25, 0.3) is 0 Å². The number of thiophene rings is 1. The van der Waals surface area contributed by atoms with Gasteiger partial charge in [-0.2, -0.15) is 0 Å². The van der Waals surface area contributed by atoms with E-state index in [-0.39, 0.29) is 17.9 Å². The van der Waals surface area contributed by atoms with Crippen molar-refractivity contribution < 1.29 is 9.72 Å². The molecular weight excluding hydrogens is 250 g/mol.